The van der Waals surface area contributed by atoms with E-state index in [1.165, 1.54) is 154 Å². The monoisotopic (exact) mass is 900 g/mol. The summed E-state index contributed by atoms with van der Waals surface area (Å²) in [6.07, 6.45) is 6.54. The van der Waals surface area contributed by atoms with Crippen LogP contribution in [0.1, 0.15) is 54.2 Å². The van der Waals surface area contributed by atoms with Crippen LogP contribution in [0.3, 0.4) is 0 Å². The van der Waals surface area contributed by atoms with Gasteiger partial charge in [-0.3, -0.25) is 0 Å². The lowest BCUT2D eigenvalue weighted by atomic mass is 9.68. The van der Waals surface area contributed by atoms with Gasteiger partial charge in [-0.2, -0.15) is 0 Å². The Bertz CT molecular complexity index is 4350. The van der Waals surface area contributed by atoms with E-state index in [1.807, 2.05) is 0 Å². The highest BCUT2D eigenvalue weighted by molar-refractivity contribution is 6.28. The number of rotatable bonds is 4. The Morgan fingerprint density at radius 1 is 0.338 bits per heavy atom. The van der Waals surface area contributed by atoms with Crippen LogP contribution in [0.2, 0.25) is 0 Å². The van der Waals surface area contributed by atoms with Gasteiger partial charge >= 0.3 is 0 Å². The Labute approximate surface area is 414 Å². The van der Waals surface area contributed by atoms with Gasteiger partial charge < -0.3 is 0 Å². The lowest BCUT2D eigenvalue weighted by Gasteiger charge is -2.33. The molecule has 0 unspecified atom stereocenters. The Morgan fingerprint density at radius 3 is 1.23 bits per heavy atom. The molecule has 332 valence electrons. The van der Waals surface area contributed by atoms with Crippen LogP contribution in [0.15, 0.2) is 237 Å². The van der Waals surface area contributed by atoms with Crippen molar-refractivity contribution >= 4 is 70.2 Å². The molecule has 0 aromatic heterocycles. The molecule has 0 heterocycles. The summed E-state index contributed by atoms with van der Waals surface area (Å²) < 4.78 is 0. The Morgan fingerprint density at radius 2 is 0.718 bits per heavy atom. The van der Waals surface area contributed by atoms with Gasteiger partial charge in [0.2, 0.25) is 0 Å². The van der Waals surface area contributed by atoms with E-state index in [4.69, 9.17) is 0 Å². The maximum atomic E-state index is 4.37. The van der Waals surface area contributed by atoms with Crippen LogP contribution < -0.4 is 0 Å². The fourth-order valence-corrected chi connectivity index (χ4v) is 14.3. The first kappa shape index (κ1) is 40.3. The van der Waals surface area contributed by atoms with Crippen LogP contribution >= 0.6 is 0 Å². The average molecular weight is 901 g/mol. The maximum Gasteiger partial charge on any atom is 0.0737 e. The third kappa shape index (κ3) is 4.99. The highest BCUT2D eigenvalue weighted by atomic mass is 14.5. The van der Waals surface area contributed by atoms with Gasteiger partial charge in [-0.15, -0.1) is 0 Å². The molecule has 1 spiro atoms. The zero-order chi connectivity index (χ0) is 47.3. The summed E-state index contributed by atoms with van der Waals surface area (Å²) in [5.74, 6) is 0. The number of fused-ring (bicyclic) bond motifs is 22. The van der Waals surface area contributed by atoms with Gasteiger partial charge in [0.25, 0.3) is 0 Å². The van der Waals surface area contributed by atoms with Crippen LogP contribution in [0.25, 0.3) is 115 Å². The third-order valence-corrected chi connectivity index (χ3v) is 16.9. The Kier molecular flexibility index (Phi) is 8.23. The van der Waals surface area contributed by atoms with E-state index in [0.717, 1.165) is 0 Å². The molecule has 3 aliphatic carbocycles. The summed E-state index contributed by atoms with van der Waals surface area (Å²) in [6, 6.07) is 78.8. The summed E-state index contributed by atoms with van der Waals surface area (Å²) in [5, 5.41) is 15.3. The molecular formula is C71H48. The first-order valence-electron chi connectivity index (χ1n) is 25.2. The van der Waals surface area contributed by atoms with Crippen LogP contribution in [0.5, 0.6) is 0 Å². The first-order chi connectivity index (χ1) is 35.0. The molecular weight excluding hydrogens is 853 g/mol. The van der Waals surface area contributed by atoms with E-state index in [9.17, 15) is 0 Å². The van der Waals surface area contributed by atoms with E-state index in [0.29, 0.717) is 0 Å². The van der Waals surface area contributed by atoms with Gasteiger partial charge in [0.15, 0.2) is 0 Å². The van der Waals surface area contributed by atoms with E-state index in [1.54, 1.807) is 0 Å². The van der Waals surface area contributed by atoms with Crippen molar-refractivity contribution in [2.75, 3.05) is 0 Å². The minimum Gasteiger partial charge on any atom is -0.0987 e. The molecule has 0 saturated heterocycles. The lowest BCUT2D eigenvalue weighted by molar-refractivity contribution is 0.655. The molecule has 0 aliphatic heterocycles. The van der Waals surface area contributed by atoms with Gasteiger partial charge in [-0.05, 0) is 173 Å². The molecule has 15 rings (SSSR count). The molecule has 0 heteroatoms. The highest BCUT2D eigenvalue weighted by Crippen LogP contribution is 2.67. The van der Waals surface area contributed by atoms with E-state index >= 15 is 0 Å². The smallest absolute Gasteiger partial charge is 0.0737 e. The molecule has 12 aromatic carbocycles. The van der Waals surface area contributed by atoms with Crippen molar-refractivity contribution in [1.82, 2.24) is 0 Å². The van der Waals surface area contributed by atoms with Crippen LogP contribution in [-0.2, 0) is 10.8 Å². The fraction of sp³-hybridized carbons (Fsp3) is 0.0704. The second-order valence-electron chi connectivity index (χ2n) is 20.5. The molecule has 0 saturated carbocycles. The van der Waals surface area contributed by atoms with E-state index in [2.05, 4.69) is 252 Å². The topological polar surface area (TPSA) is 0 Å². The third-order valence-electron chi connectivity index (χ3n) is 16.9. The summed E-state index contributed by atoms with van der Waals surface area (Å²) in [4.78, 5) is 0. The molecule has 71 heavy (non-hydrogen) atoms. The molecule has 0 fully saturated rings. The standard InChI is InChI=1S/C71H48/c1-5-23-56-60(6-2)70(3,4)63-41-58(44-26-8-11-30-48(44)66(56)63)65-52-34-15-13-32-50(52)64(51-33-14-16-35-53(51)65)57-40-59-67-49-31-12-7-24-42(49)43-25-9-18-37-55(43)69(67)71(68(59)54-36-17-10-27-45(54)57)61-38-21-19-28-46(61)47-29-20-22-39-62(47)71/h5-41H,2H2,1,3-4H3/b23-5-. The second-order valence-corrected chi connectivity index (χ2v) is 20.5. The molecule has 3 aliphatic rings. The summed E-state index contributed by atoms with van der Waals surface area (Å²) in [6.45, 7) is 11.2. The van der Waals surface area contributed by atoms with Crippen LogP contribution in [0, 0.1) is 0 Å². The van der Waals surface area contributed by atoms with Crippen molar-refractivity contribution < 1.29 is 0 Å². The van der Waals surface area contributed by atoms with Crippen molar-refractivity contribution in [3.05, 3.63) is 270 Å². The summed E-state index contributed by atoms with van der Waals surface area (Å²) in [7, 11) is 0. The summed E-state index contributed by atoms with van der Waals surface area (Å²) >= 11 is 0. The zero-order valence-corrected chi connectivity index (χ0v) is 40.1. The van der Waals surface area contributed by atoms with Gasteiger partial charge in [-0.25, -0.2) is 0 Å². The van der Waals surface area contributed by atoms with Crippen molar-refractivity contribution in [3.8, 4) is 44.5 Å². The van der Waals surface area contributed by atoms with Crippen molar-refractivity contribution in [2.24, 2.45) is 0 Å². The fourth-order valence-electron chi connectivity index (χ4n) is 14.3. The molecule has 0 radical (unpaired) electrons. The normalized spacial score (nSPS) is 14.9. The summed E-state index contributed by atoms with van der Waals surface area (Å²) in [5.41, 5.74) is 20.3. The van der Waals surface area contributed by atoms with E-state index in [-0.39, 0.29) is 5.41 Å². The predicted octanol–water partition coefficient (Wildman–Crippen LogP) is 19.1. The van der Waals surface area contributed by atoms with Crippen LogP contribution in [-0.4, -0.2) is 0 Å². The number of hydrogen-bond acceptors (Lipinski definition) is 0. The van der Waals surface area contributed by atoms with Crippen molar-refractivity contribution in [2.45, 2.75) is 31.6 Å². The minimum absolute atomic E-state index is 0.233. The average Bonchev–Trinajstić information content (AvgIpc) is 3.98. The quantitative estimate of drug-likeness (QED) is 0.122. The first-order valence-corrected chi connectivity index (χ1v) is 25.2. The van der Waals surface area contributed by atoms with Crippen molar-refractivity contribution in [3.63, 3.8) is 0 Å². The van der Waals surface area contributed by atoms with E-state index < -0.39 is 5.41 Å². The number of benzene rings is 12. The number of hydrogen-bond donors (Lipinski definition) is 0. The molecule has 0 N–H and O–H groups in total. The zero-order valence-electron chi connectivity index (χ0n) is 40.1. The second kappa shape index (κ2) is 14.5. The number of allylic oxidation sites excluding steroid dienone is 5. The molecule has 12 aromatic rings. The van der Waals surface area contributed by atoms with Gasteiger partial charge in [0.1, 0.15) is 0 Å². The SMILES string of the molecule is C=CC1=C(/C=C\C)c2c(cc(-c3c4ccccc4c(-c4cc5c(c6ccccc46)C4(c6ccccc6-c6ccccc64)c4c-5c5ccccc5c5ccccc45)c4ccccc34)c3ccccc23)C1(C)C. The maximum absolute atomic E-state index is 4.37. The van der Waals surface area contributed by atoms with Gasteiger partial charge in [-0.1, -0.05) is 233 Å². The minimum atomic E-state index is -0.552. The lowest BCUT2D eigenvalue weighted by Crippen LogP contribution is -2.26. The Hall–Kier alpha value is -8.58. The highest BCUT2D eigenvalue weighted by Gasteiger charge is 2.54. The molecule has 0 atom stereocenters. The van der Waals surface area contributed by atoms with Crippen LogP contribution in [0.4, 0.5) is 0 Å². The van der Waals surface area contributed by atoms with Crippen molar-refractivity contribution in [1.29, 1.82) is 0 Å². The largest absolute Gasteiger partial charge is 0.0987 e. The molecule has 0 bridgehead atoms. The Balaban J connectivity index is 1.11. The van der Waals surface area contributed by atoms with Gasteiger partial charge in [0.05, 0.1) is 5.41 Å². The predicted molar refractivity (Wildman–Crippen MR) is 304 cm³/mol. The van der Waals surface area contributed by atoms with Gasteiger partial charge in [0, 0.05) is 5.41 Å². The molecule has 0 nitrogen and oxygen atoms in total. The molecule has 0 amide bonds.